The number of phenolic OH excluding ortho intramolecular Hbond substituents is 1. The van der Waals surface area contributed by atoms with Crippen molar-refractivity contribution in [3.63, 3.8) is 0 Å². The number of hydrogen-bond donors (Lipinski definition) is 1. The first-order valence-electron chi connectivity index (χ1n) is 6.99. The highest BCUT2D eigenvalue weighted by Crippen LogP contribution is 2.42. The summed E-state index contributed by atoms with van der Waals surface area (Å²) in [4.78, 5) is 37.0. The number of aromatic hydroxyl groups is 1. The van der Waals surface area contributed by atoms with Crippen LogP contribution in [-0.4, -0.2) is 41.0 Å². The molecule has 3 unspecified atom stereocenters. The smallest absolute Gasteiger partial charge is 0.309 e. The number of rotatable bonds is 0. The van der Waals surface area contributed by atoms with E-state index in [9.17, 15) is 19.5 Å². The number of phenols is 1. The van der Waals surface area contributed by atoms with E-state index in [2.05, 4.69) is 0 Å². The van der Waals surface area contributed by atoms with Gasteiger partial charge in [0.05, 0.1) is 23.7 Å². The van der Waals surface area contributed by atoms with Crippen molar-refractivity contribution in [2.45, 2.75) is 31.7 Å². The van der Waals surface area contributed by atoms with Gasteiger partial charge in [0, 0.05) is 11.1 Å². The monoisotopic (exact) mass is 300 g/mol. The Bertz CT molecular complexity index is 775. The first-order chi connectivity index (χ1) is 10.5. The first kappa shape index (κ1) is 13.2. The summed E-state index contributed by atoms with van der Waals surface area (Å²) in [5.41, 5.74) is 0.497. The molecule has 0 saturated carbocycles. The van der Waals surface area contributed by atoms with E-state index >= 15 is 0 Å². The normalized spacial score (nSPS) is 29.9. The lowest BCUT2D eigenvalue weighted by atomic mass is 9.77. The summed E-state index contributed by atoms with van der Waals surface area (Å²) in [6, 6.07) is 4.36. The number of fused-ring (bicyclic) bond motifs is 3. The largest absolute Gasteiger partial charge is 0.507 e. The molecule has 6 heteroatoms. The Kier molecular flexibility index (Phi) is 2.56. The zero-order chi connectivity index (χ0) is 15.6. The molecule has 1 N–H and O–H groups in total. The lowest BCUT2D eigenvalue weighted by Crippen LogP contribution is -2.44. The Balaban J connectivity index is 1.95. The highest BCUT2D eigenvalue weighted by molar-refractivity contribution is 6.28. The Labute approximate surface area is 125 Å². The molecule has 112 valence electrons. The maximum atomic E-state index is 12.8. The van der Waals surface area contributed by atoms with Crippen LogP contribution in [0.3, 0.4) is 0 Å². The van der Waals surface area contributed by atoms with Gasteiger partial charge in [-0.1, -0.05) is 12.1 Å². The number of carbonyl (C=O) groups is 3. The molecule has 22 heavy (non-hydrogen) atoms. The van der Waals surface area contributed by atoms with Crippen LogP contribution < -0.4 is 0 Å². The fraction of sp³-hybridized carbons (Fsp3) is 0.312. The number of carbonyl (C=O) groups excluding carboxylic acids is 3. The number of Topliss-reactive ketones (excluding diaryl/α,β-unsaturated/α-hetero) is 2. The first-order valence-corrected chi connectivity index (χ1v) is 6.99. The molecule has 1 aromatic carbocycles. The van der Waals surface area contributed by atoms with Crippen LogP contribution in [0.1, 0.15) is 34.1 Å². The Morgan fingerprint density at radius 2 is 1.91 bits per heavy atom. The van der Waals surface area contributed by atoms with Gasteiger partial charge in [0.15, 0.2) is 17.7 Å². The predicted octanol–water partition coefficient (Wildman–Crippen LogP) is 1.17. The molecule has 1 saturated heterocycles. The van der Waals surface area contributed by atoms with E-state index in [0.29, 0.717) is 0 Å². The molecular weight excluding hydrogens is 288 g/mol. The molecule has 0 bridgehead atoms. The van der Waals surface area contributed by atoms with E-state index < -0.39 is 30.1 Å². The zero-order valence-electron chi connectivity index (χ0n) is 11.7. The lowest BCUT2D eigenvalue weighted by Gasteiger charge is -2.35. The van der Waals surface area contributed by atoms with E-state index in [0.717, 1.165) is 0 Å². The quantitative estimate of drug-likeness (QED) is 0.723. The minimum atomic E-state index is -0.842. The maximum absolute atomic E-state index is 12.8. The van der Waals surface area contributed by atoms with Crippen molar-refractivity contribution in [3.8, 4) is 5.75 Å². The lowest BCUT2D eigenvalue weighted by molar-refractivity contribution is -0.140. The topological polar surface area (TPSA) is 89.9 Å². The van der Waals surface area contributed by atoms with Gasteiger partial charge in [-0.25, -0.2) is 0 Å². The Morgan fingerprint density at radius 3 is 2.68 bits per heavy atom. The van der Waals surface area contributed by atoms with Gasteiger partial charge < -0.3 is 14.6 Å². The average Bonchev–Trinajstić information content (AvgIpc) is 2.83. The standard InChI is InChI=1S/C16H12O6/c1-6-11-13(16-9(21-6)5-10(18)22-16)14(19)7-3-2-4-8(17)12(7)15(11)20/h2-4,6,9,16-17H,5H2,1H3. The minimum absolute atomic E-state index is 0.00975. The molecule has 2 aliphatic heterocycles. The van der Waals surface area contributed by atoms with E-state index in [-0.39, 0.29) is 40.2 Å². The van der Waals surface area contributed by atoms with Crippen molar-refractivity contribution in [2.24, 2.45) is 0 Å². The zero-order valence-corrected chi connectivity index (χ0v) is 11.7. The van der Waals surface area contributed by atoms with Crippen LogP contribution in [0.2, 0.25) is 0 Å². The van der Waals surface area contributed by atoms with Crippen molar-refractivity contribution in [2.75, 3.05) is 0 Å². The fourth-order valence-electron chi connectivity index (χ4n) is 3.41. The van der Waals surface area contributed by atoms with Gasteiger partial charge in [-0.05, 0) is 13.0 Å². The molecule has 1 fully saturated rings. The average molecular weight is 300 g/mol. The second kappa shape index (κ2) is 4.27. The van der Waals surface area contributed by atoms with Crippen molar-refractivity contribution >= 4 is 17.5 Å². The minimum Gasteiger partial charge on any atom is -0.507 e. The summed E-state index contributed by atoms with van der Waals surface area (Å²) in [5.74, 6) is -1.52. The molecule has 1 aliphatic carbocycles. The fourth-order valence-corrected chi connectivity index (χ4v) is 3.41. The van der Waals surface area contributed by atoms with Gasteiger partial charge in [-0.2, -0.15) is 0 Å². The van der Waals surface area contributed by atoms with E-state index in [1.807, 2.05) is 0 Å². The summed E-state index contributed by atoms with van der Waals surface area (Å²) in [5, 5.41) is 9.93. The molecule has 6 nitrogen and oxygen atoms in total. The summed E-state index contributed by atoms with van der Waals surface area (Å²) >= 11 is 0. The number of benzene rings is 1. The van der Waals surface area contributed by atoms with Gasteiger partial charge in [0.25, 0.3) is 0 Å². The molecule has 3 atom stereocenters. The molecule has 1 aromatic rings. The summed E-state index contributed by atoms with van der Waals surface area (Å²) in [6.45, 7) is 1.66. The van der Waals surface area contributed by atoms with E-state index in [1.54, 1.807) is 6.92 Å². The van der Waals surface area contributed by atoms with Crippen molar-refractivity contribution < 1.29 is 29.0 Å². The van der Waals surface area contributed by atoms with Crippen molar-refractivity contribution in [1.82, 2.24) is 0 Å². The van der Waals surface area contributed by atoms with E-state index in [4.69, 9.17) is 9.47 Å². The van der Waals surface area contributed by atoms with Gasteiger partial charge in [0.1, 0.15) is 11.9 Å². The molecule has 0 spiro atoms. The summed E-state index contributed by atoms with van der Waals surface area (Å²) < 4.78 is 10.9. The third-order valence-electron chi connectivity index (χ3n) is 4.33. The van der Waals surface area contributed by atoms with Crippen LogP contribution in [-0.2, 0) is 14.3 Å². The highest BCUT2D eigenvalue weighted by atomic mass is 16.6. The van der Waals surface area contributed by atoms with Gasteiger partial charge in [-0.15, -0.1) is 0 Å². The number of ketones is 2. The molecule has 2 heterocycles. The molecule has 0 radical (unpaired) electrons. The maximum Gasteiger partial charge on any atom is 0.309 e. The SMILES string of the molecule is CC1OC2CC(=O)OC2C2=C1C(=O)c1c(O)cccc1C2=O. The third-order valence-corrected chi connectivity index (χ3v) is 4.33. The van der Waals surface area contributed by atoms with Crippen LogP contribution in [0.15, 0.2) is 29.3 Å². The number of esters is 1. The second-order valence-electron chi connectivity index (χ2n) is 5.62. The summed E-state index contributed by atoms with van der Waals surface area (Å²) in [6.07, 6.45) is -1.95. The summed E-state index contributed by atoms with van der Waals surface area (Å²) in [7, 11) is 0. The van der Waals surface area contributed by atoms with Crippen LogP contribution in [0.4, 0.5) is 0 Å². The van der Waals surface area contributed by atoms with E-state index in [1.165, 1.54) is 18.2 Å². The molecule has 3 aliphatic rings. The molecule has 0 amide bonds. The van der Waals surface area contributed by atoms with Crippen molar-refractivity contribution in [1.29, 1.82) is 0 Å². The predicted molar refractivity (Wildman–Crippen MR) is 72.6 cm³/mol. The molecule has 0 aromatic heterocycles. The van der Waals surface area contributed by atoms with Crippen LogP contribution in [0, 0.1) is 0 Å². The second-order valence-corrected chi connectivity index (χ2v) is 5.62. The number of hydrogen-bond acceptors (Lipinski definition) is 6. The Hall–Kier alpha value is -2.47. The highest BCUT2D eigenvalue weighted by Gasteiger charge is 2.51. The molecule has 4 rings (SSSR count). The van der Waals surface area contributed by atoms with Crippen molar-refractivity contribution in [3.05, 3.63) is 40.5 Å². The van der Waals surface area contributed by atoms with Gasteiger partial charge in [0.2, 0.25) is 0 Å². The number of ether oxygens (including phenoxy) is 2. The van der Waals surface area contributed by atoms with Crippen LogP contribution in [0.25, 0.3) is 0 Å². The van der Waals surface area contributed by atoms with Gasteiger partial charge >= 0.3 is 5.97 Å². The Morgan fingerprint density at radius 1 is 1.14 bits per heavy atom. The molecular formula is C16H12O6. The third kappa shape index (κ3) is 1.55. The van der Waals surface area contributed by atoms with Crippen LogP contribution in [0.5, 0.6) is 5.75 Å². The van der Waals surface area contributed by atoms with Gasteiger partial charge in [-0.3, -0.25) is 14.4 Å². The van der Waals surface area contributed by atoms with Crippen LogP contribution >= 0.6 is 0 Å².